The third kappa shape index (κ3) is 4.20. The number of nitrogens with one attached hydrogen (secondary N) is 1. The number of amides is 2. The molecule has 1 aromatic heterocycles. The zero-order valence-corrected chi connectivity index (χ0v) is 17.0. The lowest BCUT2D eigenvalue weighted by atomic mass is 10.2. The number of phenols is 1. The summed E-state index contributed by atoms with van der Waals surface area (Å²) < 4.78 is 2.51. The molecule has 9 heteroatoms. The van der Waals surface area contributed by atoms with Crippen molar-refractivity contribution in [3.05, 3.63) is 62.7 Å². The van der Waals surface area contributed by atoms with Gasteiger partial charge in [-0.3, -0.25) is 9.59 Å². The molecule has 0 bridgehead atoms. The number of carbonyl (C=O) groups excluding carboxylic acids is 2. The molecule has 1 heterocycles. The number of para-hydroxylation sites is 1. The molecule has 3 rings (SSSR count). The third-order valence-electron chi connectivity index (χ3n) is 3.79. The molecule has 0 atom stereocenters. The Morgan fingerprint density at radius 3 is 2.56 bits per heavy atom. The summed E-state index contributed by atoms with van der Waals surface area (Å²) in [5.41, 5.74) is 9.63. The summed E-state index contributed by atoms with van der Waals surface area (Å²) in [6.07, 6.45) is 3.25. The smallest absolute Gasteiger partial charge is 0.271 e. The monoisotopic (exact) mass is 492 g/mol. The maximum absolute atomic E-state index is 12.3. The number of fused-ring (bicyclic) bond motifs is 1. The van der Waals surface area contributed by atoms with Crippen molar-refractivity contribution in [3.63, 3.8) is 0 Å². The van der Waals surface area contributed by atoms with E-state index in [-0.39, 0.29) is 12.3 Å². The Morgan fingerprint density at radius 2 is 1.89 bits per heavy atom. The molecule has 0 unspecified atom stereocenters. The maximum atomic E-state index is 12.3. The fraction of sp³-hybridized carbons (Fsp3) is 0.0556. The molecule has 0 aliphatic heterocycles. The molecule has 138 valence electrons. The summed E-state index contributed by atoms with van der Waals surface area (Å²) in [5, 5.41) is 14.6. The number of hydrogen-bond acceptors (Lipinski definition) is 4. The highest BCUT2D eigenvalue weighted by Gasteiger charge is 2.12. The summed E-state index contributed by atoms with van der Waals surface area (Å²) in [6, 6.07) is 10.5. The fourth-order valence-corrected chi connectivity index (χ4v) is 3.78. The van der Waals surface area contributed by atoms with Gasteiger partial charge in [0.1, 0.15) is 12.3 Å². The number of aromatic nitrogens is 1. The van der Waals surface area contributed by atoms with Crippen LogP contribution in [0.25, 0.3) is 10.9 Å². The second kappa shape index (κ2) is 7.93. The van der Waals surface area contributed by atoms with Gasteiger partial charge in [0.15, 0.2) is 0 Å². The Hall–Kier alpha value is -2.65. The molecule has 0 saturated carbocycles. The van der Waals surface area contributed by atoms with Crippen LogP contribution in [0.2, 0.25) is 0 Å². The molecule has 0 fully saturated rings. The van der Waals surface area contributed by atoms with E-state index < -0.39 is 11.8 Å². The van der Waals surface area contributed by atoms with Crippen LogP contribution in [0.3, 0.4) is 0 Å². The van der Waals surface area contributed by atoms with Crippen LogP contribution in [0.5, 0.6) is 5.75 Å². The highest BCUT2D eigenvalue weighted by molar-refractivity contribution is 9.11. The molecule has 0 spiro atoms. The van der Waals surface area contributed by atoms with Crippen molar-refractivity contribution in [2.45, 2.75) is 6.54 Å². The molecular formula is C18H14Br2N4O3. The summed E-state index contributed by atoms with van der Waals surface area (Å²) in [7, 11) is 0. The minimum absolute atomic E-state index is 0.0114. The van der Waals surface area contributed by atoms with E-state index in [2.05, 4.69) is 42.4 Å². The lowest BCUT2D eigenvalue weighted by molar-refractivity contribution is -0.118. The average Bonchev–Trinajstić information content (AvgIpc) is 2.96. The first-order valence-electron chi connectivity index (χ1n) is 7.74. The van der Waals surface area contributed by atoms with Gasteiger partial charge in [-0.25, -0.2) is 5.43 Å². The summed E-state index contributed by atoms with van der Waals surface area (Å²) in [4.78, 5) is 23.5. The first-order chi connectivity index (χ1) is 12.9. The van der Waals surface area contributed by atoms with Crippen LogP contribution in [0.4, 0.5) is 0 Å². The number of nitrogens with two attached hydrogens (primary N) is 1. The van der Waals surface area contributed by atoms with Crippen molar-refractivity contribution in [3.8, 4) is 5.75 Å². The Kier molecular flexibility index (Phi) is 5.62. The van der Waals surface area contributed by atoms with E-state index in [1.165, 1.54) is 18.3 Å². The SMILES string of the molecule is NC(=O)Cn1cc(/C=N\NC(=O)c2cc(Br)c(O)c(Br)c2)c2ccccc21. The standard InChI is InChI=1S/C18H14Br2N4O3/c19-13-5-10(6-14(20)17(13)26)18(27)23-22-7-11-8-24(9-16(21)25)15-4-2-1-3-12(11)15/h1-8,26H,9H2,(H2,21,25)(H,23,27)/b22-7-. The van der Waals surface area contributed by atoms with Gasteiger partial charge >= 0.3 is 0 Å². The summed E-state index contributed by atoms with van der Waals surface area (Å²) in [6.45, 7) is 0.0519. The van der Waals surface area contributed by atoms with Crippen LogP contribution in [0, 0.1) is 0 Å². The predicted molar refractivity (Wildman–Crippen MR) is 110 cm³/mol. The van der Waals surface area contributed by atoms with Gasteiger partial charge in [-0.15, -0.1) is 0 Å². The average molecular weight is 494 g/mol. The largest absolute Gasteiger partial charge is 0.506 e. The number of aromatic hydroxyl groups is 1. The predicted octanol–water partition coefficient (Wildman–Crippen LogP) is 3.12. The van der Waals surface area contributed by atoms with E-state index in [9.17, 15) is 14.7 Å². The molecule has 2 aromatic carbocycles. The van der Waals surface area contributed by atoms with Gasteiger partial charge in [-0.1, -0.05) is 18.2 Å². The first-order valence-corrected chi connectivity index (χ1v) is 9.33. The van der Waals surface area contributed by atoms with E-state index in [4.69, 9.17) is 5.73 Å². The highest BCUT2D eigenvalue weighted by atomic mass is 79.9. The summed E-state index contributed by atoms with van der Waals surface area (Å²) in [5.74, 6) is -0.873. The van der Waals surface area contributed by atoms with Gasteiger partial charge in [-0.05, 0) is 50.1 Å². The molecule has 3 aromatic rings. The van der Waals surface area contributed by atoms with Crippen LogP contribution in [-0.4, -0.2) is 27.7 Å². The molecule has 2 amide bonds. The summed E-state index contributed by atoms with van der Waals surface area (Å²) >= 11 is 6.36. The Bertz CT molecular complexity index is 1050. The molecule has 0 saturated heterocycles. The number of carbonyl (C=O) groups is 2. The second-order valence-corrected chi connectivity index (χ2v) is 7.39. The molecule has 0 radical (unpaired) electrons. The zero-order valence-electron chi connectivity index (χ0n) is 13.8. The van der Waals surface area contributed by atoms with Gasteiger partial charge in [0, 0.05) is 28.2 Å². The molecule has 27 heavy (non-hydrogen) atoms. The van der Waals surface area contributed by atoms with Crippen molar-refractivity contribution < 1.29 is 14.7 Å². The van der Waals surface area contributed by atoms with Gasteiger partial charge < -0.3 is 15.4 Å². The number of halogens is 2. The van der Waals surface area contributed by atoms with Crippen molar-refractivity contribution in [1.29, 1.82) is 0 Å². The lowest BCUT2D eigenvalue weighted by Gasteiger charge is -2.04. The highest BCUT2D eigenvalue weighted by Crippen LogP contribution is 2.33. The Labute approximate surface area is 171 Å². The van der Waals surface area contributed by atoms with Crippen molar-refractivity contribution >= 4 is 60.8 Å². The van der Waals surface area contributed by atoms with E-state index in [0.717, 1.165) is 16.5 Å². The van der Waals surface area contributed by atoms with Gasteiger partial charge in [-0.2, -0.15) is 5.10 Å². The van der Waals surface area contributed by atoms with Gasteiger partial charge in [0.2, 0.25) is 5.91 Å². The lowest BCUT2D eigenvalue weighted by Crippen LogP contribution is -2.18. The number of hydrogen-bond donors (Lipinski definition) is 3. The van der Waals surface area contributed by atoms with Crippen LogP contribution in [-0.2, 0) is 11.3 Å². The van der Waals surface area contributed by atoms with E-state index in [1.807, 2.05) is 24.3 Å². The molecule has 7 nitrogen and oxygen atoms in total. The maximum Gasteiger partial charge on any atom is 0.271 e. The van der Waals surface area contributed by atoms with Crippen LogP contribution < -0.4 is 11.2 Å². The molecule has 4 N–H and O–H groups in total. The van der Waals surface area contributed by atoms with Crippen molar-refractivity contribution in [2.75, 3.05) is 0 Å². The molecule has 0 aliphatic rings. The van der Waals surface area contributed by atoms with Gasteiger partial charge in [0.05, 0.1) is 15.2 Å². The fourth-order valence-electron chi connectivity index (χ4n) is 2.60. The minimum Gasteiger partial charge on any atom is -0.506 e. The number of rotatable bonds is 5. The number of nitrogens with zero attached hydrogens (tertiary/aromatic N) is 2. The van der Waals surface area contributed by atoms with Crippen molar-refractivity contribution in [2.24, 2.45) is 10.8 Å². The number of benzene rings is 2. The second-order valence-electron chi connectivity index (χ2n) is 5.68. The van der Waals surface area contributed by atoms with Crippen LogP contribution >= 0.6 is 31.9 Å². The number of phenolic OH excluding ortho intramolecular Hbond substituents is 1. The first kappa shape index (κ1) is 19.1. The topological polar surface area (TPSA) is 110 Å². The number of primary amides is 1. The quantitative estimate of drug-likeness (QED) is 0.375. The van der Waals surface area contributed by atoms with Gasteiger partial charge in [0.25, 0.3) is 5.91 Å². The van der Waals surface area contributed by atoms with Crippen LogP contribution in [0.15, 0.2) is 56.6 Å². The van der Waals surface area contributed by atoms with E-state index in [0.29, 0.717) is 14.5 Å². The van der Waals surface area contributed by atoms with Crippen LogP contribution in [0.1, 0.15) is 15.9 Å². The molecule has 0 aliphatic carbocycles. The van der Waals surface area contributed by atoms with E-state index >= 15 is 0 Å². The number of hydrazone groups is 1. The normalized spacial score (nSPS) is 11.2. The molecular weight excluding hydrogens is 480 g/mol. The minimum atomic E-state index is -0.448. The third-order valence-corrected chi connectivity index (χ3v) is 5.00. The zero-order chi connectivity index (χ0) is 19.6. The van der Waals surface area contributed by atoms with E-state index in [1.54, 1.807) is 10.8 Å². The Morgan fingerprint density at radius 1 is 1.22 bits per heavy atom. The Balaban J connectivity index is 1.82. The van der Waals surface area contributed by atoms with Crippen molar-refractivity contribution in [1.82, 2.24) is 9.99 Å².